The van der Waals surface area contributed by atoms with Gasteiger partial charge in [0.15, 0.2) is 11.5 Å². The predicted octanol–water partition coefficient (Wildman–Crippen LogP) is 4.08. The van der Waals surface area contributed by atoms with Crippen LogP contribution in [0, 0.1) is 31.6 Å². The number of carbonyl (C=O) groups excluding carboxylic acids is 1. The van der Waals surface area contributed by atoms with E-state index in [4.69, 9.17) is 13.9 Å². The van der Waals surface area contributed by atoms with Gasteiger partial charge in [-0.15, -0.1) is 0 Å². The summed E-state index contributed by atoms with van der Waals surface area (Å²) in [6.07, 6.45) is 1.12. The first-order valence-corrected chi connectivity index (χ1v) is 9.72. The maximum Gasteiger partial charge on any atom is 0.296 e. The van der Waals surface area contributed by atoms with E-state index >= 15 is 0 Å². The van der Waals surface area contributed by atoms with Crippen LogP contribution in [-0.2, 0) is 4.79 Å². The lowest BCUT2D eigenvalue weighted by molar-refractivity contribution is -0.384. The van der Waals surface area contributed by atoms with Gasteiger partial charge in [0.05, 0.1) is 21.5 Å². The lowest BCUT2D eigenvalue weighted by Gasteiger charge is -2.19. The van der Waals surface area contributed by atoms with E-state index in [2.05, 4.69) is 5.32 Å². The standard InChI is InChI=1S/C22H14N4O8/c23-12-13(9-14-5-6-19(34-14)15-3-1-2-4-17(15)25(28)29)22(27)24-16-10-20-21(33-8-7-32-20)11-18(16)26(30)31/h1-6,9-11H,7-8H2,(H,24,27)/b13-9+. The molecule has 170 valence electrons. The third-order valence-electron chi connectivity index (χ3n) is 4.75. The van der Waals surface area contributed by atoms with E-state index in [0.29, 0.717) is 0 Å². The molecule has 0 radical (unpaired) electrons. The highest BCUT2D eigenvalue weighted by atomic mass is 16.6. The average molecular weight is 462 g/mol. The molecule has 3 aromatic rings. The molecule has 2 heterocycles. The molecule has 1 aliphatic heterocycles. The molecule has 12 nitrogen and oxygen atoms in total. The fourth-order valence-electron chi connectivity index (χ4n) is 3.23. The number of nitrogens with zero attached hydrogens (tertiary/aromatic N) is 3. The fourth-order valence-corrected chi connectivity index (χ4v) is 3.23. The number of nitrogens with one attached hydrogen (secondary N) is 1. The van der Waals surface area contributed by atoms with Crippen molar-refractivity contribution in [2.75, 3.05) is 18.5 Å². The number of rotatable bonds is 6. The molecule has 4 rings (SSSR count). The van der Waals surface area contributed by atoms with Gasteiger partial charge < -0.3 is 19.2 Å². The number of nitriles is 1. The number of nitro benzene ring substituents is 2. The molecule has 2 aromatic carbocycles. The van der Waals surface area contributed by atoms with Crippen LogP contribution in [0.4, 0.5) is 17.1 Å². The number of carbonyl (C=O) groups is 1. The van der Waals surface area contributed by atoms with Gasteiger partial charge in [-0.2, -0.15) is 5.26 Å². The molecule has 0 aliphatic carbocycles. The van der Waals surface area contributed by atoms with Gasteiger partial charge in [0.2, 0.25) is 0 Å². The Labute approximate surface area is 190 Å². The first-order chi connectivity index (χ1) is 16.4. The summed E-state index contributed by atoms with van der Waals surface area (Å²) in [4.78, 5) is 34.1. The molecule has 34 heavy (non-hydrogen) atoms. The van der Waals surface area contributed by atoms with Gasteiger partial charge in [0.25, 0.3) is 17.3 Å². The quantitative estimate of drug-likeness (QED) is 0.245. The van der Waals surface area contributed by atoms with Crippen molar-refractivity contribution >= 4 is 29.0 Å². The molecule has 0 saturated heterocycles. The molecule has 0 atom stereocenters. The number of benzene rings is 2. The minimum atomic E-state index is -0.925. The zero-order valence-electron chi connectivity index (χ0n) is 17.2. The molecule has 1 aliphatic rings. The molecule has 1 amide bonds. The van der Waals surface area contributed by atoms with Crippen molar-refractivity contribution in [3.8, 4) is 28.9 Å². The molecule has 0 spiro atoms. The highest BCUT2D eigenvalue weighted by Gasteiger charge is 2.25. The summed E-state index contributed by atoms with van der Waals surface area (Å²) < 4.78 is 16.3. The summed E-state index contributed by atoms with van der Waals surface area (Å²) in [5, 5.41) is 34.5. The second-order valence-electron chi connectivity index (χ2n) is 6.87. The second kappa shape index (κ2) is 9.13. The van der Waals surface area contributed by atoms with Crippen LogP contribution in [-0.4, -0.2) is 29.0 Å². The number of hydrogen-bond donors (Lipinski definition) is 1. The number of nitro groups is 2. The molecular weight excluding hydrogens is 448 g/mol. The summed E-state index contributed by atoms with van der Waals surface area (Å²) >= 11 is 0. The molecule has 0 fully saturated rings. The number of para-hydroxylation sites is 1. The lowest BCUT2D eigenvalue weighted by atomic mass is 10.1. The van der Waals surface area contributed by atoms with Crippen LogP contribution in [0.5, 0.6) is 11.5 Å². The summed E-state index contributed by atoms with van der Waals surface area (Å²) in [7, 11) is 0. The van der Waals surface area contributed by atoms with Crippen molar-refractivity contribution in [3.63, 3.8) is 0 Å². The Morgan fingerprint density at radius 1 is 1.00 bits per heavy atom. The minimum absolute atomic E-state index is 0.0801. The number of anilines is 1. The van der Waals surface area contributed by atoms with Gasteiger partial charge in [-0.05, 0) is 18.2 Å². The van der Waals surface area contributed by atoms with E-state index in [1.807, 2.05) is 0 Å². The smallest absolute Gasteiger partial charge is 0.296 e. The maximum atomic E-state index is 12.7. The SMILES string of the molecule is N#C/C(=C\c1ccc(-c2ccccc2[N+](=O)[O-])o1)C(=O)Nc1cc2c(cc1[N+](=O)[O-])OCCO2. The largest absolute Gasteiger partial charge is 0.486 e. The van der Waals surface area contributed by atoms with Crippen molar-refractivity contribution in [2.45, 2.75) is 0 Å². The van der Waals surface area contributed by atoms with Crippen LogP contribution in [0.1, 0.15) is 5.76 Å². The summed E-state index contributed by atoms with van der Waals surface area (Å²) in [6.45, 7) is 0.469. The minimum Gasteiger partial charge on any atom is -0.486 e. The maximum absolute atomic E-state index is 12.7. The Morgan fingerprint density at radius 2 is 1.68 bits per heavy atom. The molecule has 1 aromatic heterocycles. The molecule has 0 unspecified atom stereocenters. The first kappa shape index (κ1) is 22.0. The molecule has 0 bridgehead atoms. The van der Waals surface area contributed by atoms with E-state index in [1.165, 1.54) is 36.4 Å². The highest BCUT2D eigenvalue weighted by molar-refractivity contribution is 6.10. The van der Waals surface area contributed by atoms with Crippen molar-refractivity contribution in [1.82, 2.24) is 0 Å². The molecule has 12 heteroatoms. The van der Waals surface area contributed by atoms with Gasteiger partial charge in [-0.1, -0.05) is 12.1 Å². The Bertz CT molecular complexity index is 1390. The Hall–Kier alpha value is -5.18. The zero-order valence-corrected chi connectivity index (χ0v) is 17.2. The Balaban J connectivity index is 1.62. The lowest BCUT2D eigenvalue weighted by Crippen LogP contribution is -2.18. The fraction of sp³-hybridized carbons (Fsp3) is 0.0909. The number of furan rings is 1. The van der Waals surface area contributed by atoms with Crippen LogP contribution in [0.25, 0.3) is 17.4 Å². The normalized spacial score (nSPS) is 12.5. The summed E-state index contributed by atoms with van der Waals surface area (Å²) in [6, 6.07) is 12.9. The highest BCUT2D eigenvalue weighted by Crippen LogP contribution is 2.39. The predicted molar refractivity (Wildman–Crippen MR) is 117 cm³/mol. The van der Waals surface area contributed by atoms with Crippen LogP contribution >= 0.6 is 0 Å². The van der Waals surface area contributed by atoms with E-state index in [1.54, 1.807) is 12.1 Å². The van der Waals surface area contributed by atoms with Gasteiger partial charge in [-0.25, -0.2) is 0 Å². The average Bonchev–Trinajstić information content (AvgIpc) is 3.30. The van der Waals surface area contributed by atoms with Crippen LogP contribution in [0.3, 0.4) is 0 Å². The Kier molecular flexibility index (Phi) is 5.91. The van der Waals surface area contributed by atoms with E-state index in [0.717, 1.165) is 12.1 Å². The topological polar surface area (TPSA) is 171 Å². The van der Waals surface area contributed by atoms with Crippen molar-refractivity contribution in [1.29, 1.82) is 5.26 Å². The van der Waals surface area contributed by atoms with E-state index in [-0.39, 0.29) is 53.2 Å². The first-order valence-electron chi connectivity index (χ1n) is 9.72. The van der Waals surface area contributed by atoms with Crippen LogP contribution in [0.15, 0.2) is 58.5 Å². The zero-order chi connectivity index (χ0) is 24.2. The molecule has 1 N–H and O–H groups in total. The van der Waals surface area contributed by atoms with Gasteiger partial charge in [-0.3, -0.25) is 25.0 Å². The molecular formula is C22H14N4O8. The van der Waals surface area contributed by atoms with Crippen molar-refractivity contribution in [3.05, 3.63) is 80.1 Å². The van der Waals surface area contributed by atoms with E-state index < -0.39 is 27.0 Å². The number of ether oxygens (including phenoxy) is 2. The van der Waals surface area contributed by atoms with Crippen LogP contribution in [0.2, 0.25) is 0 Å². The van der Waals surface area contributed by atoms with Gasteiger partial charge in [0.1, 0.15) is 42.1 Å². The van der Waals surface area contributed by atoms with Crippen molar-refractivity contribution in [2.24, 2.45) is 0 Å². The van der Waals surface area contributed by atoms with Gasteiger partial charge in [0, 0.05) is 18.2 Å². The number of fused-ring (bicyclic) bond motifs is 1. The monoisotopic (exact) mass is 462 g/mol. The third kappa shape index (κ3) is 4.39. The number of amides is 1. The van der Waals surface area contributed by atoms with Gasteiger partial charge >= 0.3 is 0 Å². The van der Waals surface area contributed by atoms with Crippen LogP contribution < -0.4 is 14.8 Å². The summed E-state index contributed by atoms with van der Waals surface area (Å²) in [5.74, 6) is -0.291. The Morgan fingerprint density at radius 3 is 2.35 bits per heavy atom. The summed E-state index contributed by atoms with van der Waals surface area (Å²) in [5.41, 5.74) is -0.974. The third-order valence-corrected chi connectivity index (χ3v) is 4.75. The van der Waals surface area contributed by atoms with Crippen molar-refractivity contribution < 1.29 is 28.5 Å². The van der Waals surface area contributed by atoms with E-state index in [9.17, 15) is 30.3 Å². The molecule has 0 saturated carbocycles. The second-order valence-corrected chi connectivity index (χ2v) is 6.87. The number of hydrogen-bond acceptors (Lipinski definition) is 9.